The van der Waals surface area contributed by atoms with Crippen LogP contribution in [0.1, 0.15) is 5.56 Å². The number of nitrogens with one attached hydrogen (secondary N) is 3. The van der Waals surface area contributed by atoms with E-state index in [2.05, 4.69) is 60.0 Å². The summed E-state index contributed by atoms with van der Waals surface area (Å²) in [5.74, 6) is 3.72. The summed E-state index contributed by atoms with van der Waals surface area (Å²) in [7, 11) is 0. The summed E-state index contributed by atoms with van der Waals surface area (Å²) in [6.07, 6.45) is 3.64. The standard InChI is InChI=1S/C22H23N7S/c1-15-13-23-22(26-17-4-6-19(7-5-17)29-8-10-30-11-9-29)27-21(15)25-18-3-2-16-14-24-28-20(16)12-18/h2-7,12-14H,8-11H2,1H3,(H,24,28)(H2,23,25,26,27). The van der Waals surface area contributed by atoms with Crippen LogP contribution in [-0.2, 0) is 0 Å². The quantitative estimate of drug-likeness (QED) is 0.434. The SMILES string of the molecule is Cc1cnc(Nc2ccc(N3CCSCC3)cc2)nc1Nc1ccc2cn[nH]c2c1. The first-order chi connectivity index (χ1) is 14.7. The minimum Gasteiger partial charge on any atom is -0.370 e. The molecule has 30 heavy (non-hydrogen) atoms. The van der Waals surface area contributed by atoms with Crippen LogP contribution in [0.4, 0.5) is 28.8 Å². The van der Waals surface area contributed by atoms with Crippen molar-refractivity contribution in [2.75, 3.05) is 40.1 Å². The van der Waals surface area contributed by atoms with Crippen molar-refractivity contribution >= 4 is 51.5 Å². The third kappa shape index (κ3) is 4.04. The molecule has 0 saturated carbocycles. The molecular formula is C22H23N7S. The molecule has 1 saturated heterocycles. The second kappa shape index (κ2) is 8.23. The maximum Gasteiger partial charge on any atom is 0.229 e. The summed E-state index contributed by atoms with van der Waals surface area (Å²) in [4.78, 5) is 11.5. The normalized spacial score (nSPS) is 14.1. The molecule has 1 aliphatic rings. The fraction of sp³-hybridized carbons (Fsp3) is 0.227. The second-order valence-corrected chi connectivity index (χ2v) is 8.52. The second-order valence-electron chi connectivity index (χ2n) is 7.29. The fourth-order valence-electron chi connectivity index (χ4n) is 3.49. The van der Waals surface area contributed by atoms with Gasteiger partial charge >= 0.3 is 0 Å². The molecule has 0 aliphatic carbocycles. The van der Waals surface area contributed by atoms with Gasteiger partial charge in [-0.25, -0.2) is 4.98 Å². The van der Waals surface area contributed by atoms with Crippen LogP contribution in [0.3, 0.4) is 0 Å². The van der Waals surface area contributed by atoms with Crippen molar-refractivity contribution in [1.29, 1.82) is 0 Å². The average Bonchev–Trinajstić information content (AvgIpc) is 3.25. The number of nitrogens with zero attached hydrogens (tertiary/aromatic N) is 4. The summed E-state index contributed by atoms with van der Waals surface area (Å²) < 4.78 is 0. The van der Waals surface area contributed by atoms with Crippen LogP contribution < -0.4 is 15.5 Å². The number of aromatic nitrogens is 4. The van der Waals surface area contributed by atoms with Crippen molar-refractivity contribution in [3.8, 4) is 0 Å². The molecule has 2 aromatic heterocycles. The average molecular weight is 418 g/mol. The largest absolute Gasteiger partial charge is 0.370 e. The Morgan fingerprint density at radius 3 is 2.60 bits per heavy atom. The number of aromatic amines is 1. The van der Waals surface area contributed by atoms with E-state index in [0.717, 1.165) is 46.7 Å². The van der Waals surface area contributed by atoms with Gasteiger partial charge in [-0.1, -0.05) is 0 Å². The zero-order chi connectivity index (χ0) is 20.3. The minimum atomic E-state index is 0.563. The van der Waals surface area contributed by atoms with Crippen LogP contribution in [0.5, 0.6) is 0 Å². The van der Waals surface area contributed by atoms with Gasteiger partial charge in [0.05, 0.1) is 11.7 Å². The smallest absolute Gasteiger partial charge is 0.229 e. The zero-order valence-electron chi connectivity index (χ0n) is 16.7. The molecule has 0 atom stereocenters. The molecule has 0 spiro atoms. The molecule has 1 aliphatic heterocycles. The number of hydrogen-bond acceptors (Lipinski definition) is 7. The van der Waals surface area contributed by atoms with Gasteiger partial charge in [0.2, 0.25) is 5.95 Å². The van der Waals surface area contributed by atoms with Gasteiger partial charge in [-0.05, 0) is 49.4 Å². The lowest BCUT2D eigenvalue weighted by molar-refractivity contribution is 0.859. The van der Waals surface area contributed by atoms with Gasteiger partial charge in [0.1, 0.15) is 5.82 Å². The summed E-state index contributed by atoms with van der Waals surface area (Å²) in [6, 6.07) is 14.5. The zero-order valence-corrected chi connectivity index (χ0v) is 17.5. The molecule has 0 radical (unpaired) electrons. The lowest BCUT2D eigenvalue weighted by Crippen LogP contribution is -2.32. The highest BCUT2D eigenvalue weighted by atomic mass is 32.2. The van der Waals surface area contributed by atoms with Gasteiger partial charge in [-0.3, -0.25) is 5.10 Å². The number of aryl methyl sites for hydroxylation is 1. The van der Waals surface area contributed by atoms with Gasteiger partial charge in [-0.15, -0.1) is 0 Å². The predicted octanol–water partition coefficient (Wildman–Crippen LogP) is 4.70. The van der Waals surface area contributed by atoms with E-state index in [1.807, 2.05) is 49.3 Å². The molecular weight excluding hydrogens is 394 g/mol. The van der Waals surface area contributed by atoms with Crippen molar-refractivity contribution in [1.82, 2.24) is 20.2 Å². The van der Waals surface area contributed by atoms with Crippen molar-refractivity contribution in [3.05, 3.63) is 60.4 Å². The van der Waals surface area contributed by atoms with E-state index in [9.17, 15) is 0 Å². The van der Waals surface area contributed by atoms with Crippen LogP contribution in [-0.4, -0.2) is 44.8 Å². The van der Waals surface area contributed by atoms with Crippen molar-refractivity contribution in [2.45, 2.75) is 6.92 Å². The van der Waals surface area contributed by atoms with Crippen LogP contribution in [0.15, 0.2) is 54.9 Å². The van der Waals surface area contributed by atoms with Gasteiger partial charge < -0.3 is 15.5 Å². The van der Waals surface area contributed by atoms with Crippen LogP contribution in [0.2, 0.25) is 0 Å². The number of fused-ring (bicyclic) bond motifs is 1. The van der Waals surface area contributed by atoms with E-state index >= 15 is 0 Å². The molecule has 2 aromatic carbocycles. The first-order valence-electron chi connectivity index (χ1n) is 9.98. The molecule has 4 aromatic rings. The van der Waals surface area contributed by atoms with E-state index in [4.69, 9.17) is 0 Å². The van der Waals surface area contributed by atoms with E-state index in [1.54, 1.807) is 0 Å². The third-order valence-electron chi connectivity index (χ3n) is 5.18. The van der Waals surface area contributed by atoms with Crippen LogP contribution in [0.25, 0.3) is 10.9 Å². The summed E-state index contributed by atoms with van der Waals surface area (Å²) in [6.45, 7) is 4.21. The number of hydrogen-bond donors (Lipinski definition) is 3. The Kier molecular flexibility index (Phi) is 5.15. The summed E-state index contributed by atoms with van der Waals surface area (Å²) in [5.41, 5.74) is 5.14. The molecule has 0 amide bonds. The highest BCUT2D eigenvalue weighted by molar-refractivity contribution is 7.99. The highest BCUT2D eigenvalue weighted by Gasteiger charge is 2.11. The summed E-state index contributed by atoms with van der Waals surface area (Å²) >= 11 is 2.02. The fourth-order valence-corrected chi connectivity index (χ4v) is 4.39. The number of benzene rings is 2. The molecule has 1 fully saturated rings. The van der Waals surface area contributed by atoms with Gasteiger partial charge in [0, 0.05) is 58.8 Å². The number of rotatable bonds is 5. The first kappa shape index (κ1) is 18.7. The third-order valence-corrected chi connectivity index (χ3v) is 6.12. The Balaban J connectivity index is 1.31. The van der Waals surface area contributed by atoms with Gasteiger partial charge in [0.15, 0.2) is 0 Å². The summed E-state index contributed by atoms with van der Waals surface area (Å²) in [5, 5.41) is 14.8. The molecule has 3 heterocycles. The van der Waals surface area contributed by atoms with Crippen molar-refractivity contribution < 1.29 is 0 Å². The number of thioether (sulfide) groups is 1. The Hall–Kier alpha value is -3.26. The van der Waals surface area contributed by atoms with Crippen molar-refractivity contribution in [3.63, 3.8) is 0 Å². The van der Waals surface area contributed by atoms with Gasteiger partial charge in [-0.2, -0.15) is 21.8 Å². The lowest BCUT2D eigenvalue weighted by Gasteiger charge is -2.28. The van der Waals surface area contributed by atoms with E-state index in [0.29, 0.717) is 5.95 Å². The maximum atomic E-state index is 4.67. The molecule has 0 unspecified atom stereocenters. The van der Waals surface area contributed by atoms with Crippen LogP contribution in [0, 0.1) is 6.92 Å². The Morgan fingerprint density at radius 2 is 1.77 bits per heavy atom. The predicted molar refractivity (Wildman–Crippen MR) is 125 cm³/mol. The first-order valence-corrected chi connectivity index (χ1v) is 11.1. The molecule has 5 rings (SSSR count). The number of H-pyrrole nitrogens is 1. The lowest BCUT2D eigenvalue weighted by atomic mass is 10.2. The van der Waals surface area contributed by atoms with Gasteiger partial charge in [0.25, 0.3) is 0 Å². The monoisotopic (exact) mass is 417 g/mol. The molecule has 3 N–H and O–H groups in total. The highest BCUT2D eigenvalue weighted by Crippen LogP contribution is 2.25. The Morgan fingerprint density at radius 1 is 0.967 bits per heavy atom. The van der Waals surface area contributed by atoms with E-state index < -0.39 is 0 Å². The molecule has 152 valence electrons. The van der Waals surface area contributed by atoms with Crippen LogP contribution >= 0.6 is 11.8 Å². The minimum absolute atomic E-state index is 0.563. The van der Waals surface area contributed by atoms with E-state index in [1.165, 1.54) is 17.2 Å². The van der Waals surface area contributed by atoms with E-state index in [-0.39, 0.29) is 0 Å². The topological polar surface area (TPSA) is 81.8 Å². The number of anilines is 5. The van der Waals surface area contributed by atoms with Crippen molar-refractivity contribution in [2.24, 2.45) is 0 Å². The molecule has 7 nitrogen and oxygen atoms in total. The Bertz CT molecular complexity index is 1150. The molecule has 8 heteroatoms. The molecule has 0 bridgehead atoms. The Labute approximate surface area is 179 Å². The maximum absolute atomic E-state index is 4.67.